The van der Waals surface area contributed by atoms with E-state index in [1.165, 1.54) is 19.1 Å². The molecule has 1 fully saturated rings. The third-order valence-corrected chi connectivity index (χ3v) is 5.66. The van der Waals surface area contributed by atoms with Crippen molar-refractivity contribution in [3.63, 3.8) is 0 Å². The summed E-state index contributed by atoms with van der Waals surface area (Å²) in [5, 5.41) is 3.39. The van der Waals surface area contributed by atoms with Crippen LogP contribution in [0.5, 0.6) is 5.88 Å². The number of hydrogen-bond acceptors (Lipinski definition) is 6. The van der Waals surface area contributed by atoms with Crippen molar-refractivity contribution >= 4 is 29.0 Å². The summed E-state index contributed by atoms with van der Waals surface area (Å²) in [6.07, 6.45) is -3.38. The van der Waals surface area contributed by atoms with E-state index in [-0.39, 0.29) is 23.6 Å². The number of hydrogen-bond donors (Lipinski definition) is 1. The summed E-state index contributed by atoms with van der Waals surface area (Å²) in [7, 11) is 0. The van der Waals surface area contributed by atoms with Gasteiger partial charge in [-0.25, -0.2) is 9.78 Å². The summed E-state index contributed by atoms with van der Waals surface area (Å²) in [6.45, 7) is 5.68. The first-order valence-corrected chi connectivity index (χ1v) is 10.9. The van der Waals surface area contributed by atoms with Gasteiger partial charge in [-0.2, -0.15) is 13.2 Å². The number of halogens is 3. The Kier molecular flexibility index (Phi) is 7.58. The largest absolute Gasteiger partial charge is 0.461 e. The van der Waals surface area contributed by atoms with E-state index in [0.717, 1.165) is 18.5 Å². The number of para-hydroxylation sites is 1. The first kappa shape index (κ1) is 25.2. The number of nitrogens with zero attached hydrogens (tertiary/aromatic N) is 2. The van der Waals surface area contributed by atoms with E-state index in [1.807, 2.05) is 30.3 Å². The standard InChI is InChI=1S/C24H26F3N3O4/c1-14(13-28-18-7-5-4-6-8-18)21(17-9-10-17)30(16(3)31)19-11-12-20(29-15(19)2)34-23(33)22(32)24(25,26)27/h4-8,11-12,14,17,21,28H,9-10,13H2,1-3H3. The minimum Gasteiger partial charge on any atom is -0.401 e. The number of amides is 1. The molecule has 0 saturated heterocycles. The lowest BCUT2D eigenvalue weighted by Gasteiger charge is -2.36. The van der Waals surface area contributed by atoms with Crippen LogP contribution in [-0.4, -0.2) is 41.4 Å². The van der Waals surface area contributed by atoms with Gasteiger partial charge in [0.1, 0.15) is 0 Å². The second kappa shape index (κ2) is 10.2. The predicted molar refractivity (Wildman–Crippen MR) is 119 cm³/mol. The summed E-state index contributed by atoms with van der Waals surface area (Å²) < 4.78 is 41.8. The maximum absolute atomic E-state index is 12.7. The van der Waals surface area contributed by atoms with Crippen molar-refractivity contribution in [3.05, 3.63) is 48.2 Å². The van der Waals surface area contributed by atoms with Crippen molar-refractivity contribution in [1.82, 2.24) is 4.98 Å². The summed E-state index contributed by atoms with van der Waals surface area (Å²) in [6, 6.07) is 12.2. The van der Waals surface area contributed by atoms with Gasteiger partial charge < -0.3 is 15.0 Å². The average molecular weight is 477 g/mol. The van der Waals surface area contributed by atoms with Crippen LogP contribution >= 0.6 is 0 Å². The molecule has 0 radical (unpaired) electrons. The molecule has 2 aromatic rings. The molecule has 7 nitrogen and oxygen atoms in total. The number of carbonyl (C=O) groups excluding carboxylic acids is 3. The topological polar surface area (TPSA) is 88.6 Å². The van der Waals surface area contributed by atoms with Crippen molar-refractivity contribution in [2.24, 2.45) is 11.8 Å². The zero-order chi connectivity index (χ0) is 25.0. The molecule has 0 aliphatic heterocycles. The fourth-order valence-electron chi connectivity index (χ4n) is 3.96. The van der Waals surface area contributed by atoms with Crippen LogP contribution in [0, 0.1) is 18.8 Å². The lowest BCUT2D eigenvalue weighted by Crippen LogP contribution is -2.46. The van der Waals surface area contributed by atoms with Gasteiger partial charge in [0.05, 0.1) is 11.4 Å². The molecule has 182 valence electrons. The number of anilines is 2. The Hall–Kier alpha value is -3.43. The molecule has 34 heavy (non-hydrogen) atoms. The predicted octanol–water partition coefficient (Wildman–Crippen LogP) is 4.31. The van der Waals surface area contributed by atoms with Crippen LogP contribution in [0.3, 0.4) is 0 Å². The maximum Gasteiger partial charge on any atom is 0.461 e. The van der Waals surface area contributed by atoms with Gasteiger partial charge in [-0.1, -0.05) is 25.1 Å². The SMILES string of the molecule is CC(=O)N(c1ccc(OC(=O)C(=O)C(F)(F)F)nc1C)C(C(C)CNc1ccccc1)C1CC1. The zero-order valence-corrected chi connectivity index (χ0v) is 19.1. The highest BCUT2D eigenvalue weighted by atomic mass is 19.4. The van der Waals surface area contributed by atoms with Gasteiger partial charge in [0.25, 0.3) is 0 Å². The fourth-order valence-corrected chi connectivity index (χ4v) is 3.96. The summed E-state index contributed by atoms with van der Waals surface area (Å²) in [4.78, 5) is 40.9. The summed E-state index contributed by atoms with van der Waals surface area (Å²) >= 11 is 0. The number of esters is 1. The minimum absolute atomic E-state index is 0.0675. The van der Waals surface area contributed by atoms with Crippen molar-refractivity contribution in [3.8, 4) is 5.88 Å². The molecule has 1 amide bonds. The van der Waals surface area contributed by atoms with E-state index >= 15 is 0 Å². The van der Waals surface area contributed by atoms with Crippen molar-refractivity contribution in [1.29, 1.82) is 0 Å². The van der Waals surface area contributed by atoms with Crippen LogP contribution < -0.4 is 15.0 Å². The molecule has 0 bridgehead atoms. The maximum atomic E-state index is 12.7. The van der Waals surface area contributed by atoms with Crippen molar-refractivity contribution in [2.75, 3.05) is 16.8 Å². The van der Waals surface area contributed by atoms with E-state index in [2.05, 4.69) is 22.0 Å². The molecular weight excluding hydrogens is 451 g/mol. The van der Waals surface area contributed by atoms with Gasteiger partial charge >= 0.3 is 17.9 Å². The number of aromatic nitrogens is 1. The Morgan fingerprint density at radius 2 is 1.79 bits per heavy atom. The number of alkyl halides is 3. The lowest BCUT2D eigenvalue weighted by molar-refractivity contribution is -0.179. The van der Waals surface area contributed by atoms with Crippen LogP contribution in [0.4, 0.5) is 24.5 Å². The Morgan fingerprint density at radius 1 is 1.15 bits per heavy atom. The molecule has 1 aliphatic carbocycles. The van der Waals surface area contributed by atoms with E-state index in [0.29, 0.717) is 18.2 Å². The number of ketones is 1. The molecule has 1 N–H and O–H groups in total. The van der Waals surface area contributed by atoms with E-state index < -0.39 is 23.8 Å². The molecule has 1 heterocycles. The second-order valence-corrected chi connectivity index (χ2v) is 8.41. The van der Waals surface area contributed by atoms with Gasteiger partial charge in [-0.3, -0.25) is 9.59 Å². The number of carbonyl (C=O) groups is 3. The normalized spacial score (nSPS) is 15.2. The van der Waals surface area contributed by atoms with Crippen LogP contribution in [0.2, 0.25) is 0 Å². The van der Waals surface area contributed by atoms with Crippen LogP contribution in [-0.2, 0) is 14.4 Å². The third-order valence-electron chi connectivity index (χ3n) is 5.66. The van der Waals surface area contributed by atoms with Gasteiger partial charge in [-0.05, 0) is 49.8 Å². The molecule has 1 aliphatic rings. The van der Waals surface area contributed by atoms with Gasteiger partial charge in [0.15, 0.2) is 0 Å². The summed E-state index contributed by atoms with van der Waals surface area (Å²) in [5.41, 5.74) is 1.72. The fraction of sp³-hybridized carbons (Fsp3) is 0.417. The number of rotatable bonds is 9. The molecule has 1 saturated carbocycles. The molecule has 1 aromatic carbocycles. The second-order valence-electron chi connectivity index (χ2n) is 8.41. The highest BCUT2D eigenvalue weighted by Gasteiger charge is 2.45. The van der Waals surface area contributed by atoms with Gasteiger partial charge in [0.2, 0.25) is 11.8 Å². The number of aryl methyl sites for hydroxylation is 1. The van der Waals surface area contributed by atoms with E-state index in [1.54, 1.807) is 11.8 Å². The highest BCUT2D eigenvalue weighted by Crippen LogP contribution is 2.41. The number of benzene rings is 1. The van der Waals surface area contributed by atoms with E-state index in [4.69, 9.17) is 0 Å². The third kappa shape index (κ3) is 6.12. The molecule has 3 rings (SSSR count). The number of nitrogens with one attached hydrogen (secondary N) is 1. The molecule has 2 atom stereocenters. The van der Waals surface area contributed by atoms with Crippen molar-refractivity contribution in [2.45, 2.75) is 45.8 Å². The van der Waals surface area contributed by atoms with Crippen LogP contribution in [0.25, 0.3) is 0 Å². The van der Waals surface area contributed by atoms with Crippen LogP contribution in [0.15, 0.2) is 42.5 Å². The summed E-state index contributed by atoms with van der Waals surface area (Å²) in [5.74, 6) is -4.96. The van der Waals surface area contributed by atoms with Crippen LogP contribution in [0.1, 0.15) is 32.4 Å². The number of ether oxygens (including phenoxy) is 1. The molecule has 10 heteroatoms. The van der Waals surface area contributed by atoms with Crippen molar-refractivity contribution < 1.29 is 32.3 Å². The first-order valence-electron chi connectivity index (χ1n) is 10.9. The Bertz CT molecular complexity index is 1060. The quantitative estimate of drug-likeness (QED) is 0.428. The highest BCUT2D eigenvalue weighted by molar-refractivity contribution is 6.36. The average Bonchev–Trinajstić information content (AvgIpc) is 3.60. The molecule has 0 spiro atoms. The van der Waals surface area contributed by atoms with E-state index in [9.17, 15) is 27.6 Å². The number of Topliss-reactive ketones (excluding diaryl/α,β-unsaturated/α-hetero) is 1. The van der Waals surface area contributed by atoms with Gasteiger partial charge in [-0.15, -0.1) is 0 Å². The monoisotopic (exact) mass is 477 g/mol. The number of pyridine rings is 1. The lowest BCUT2D eigenvalue weighted by atomic mass is 9.94. The molecular formula is C24H26F3N3O4. The Morgan fingerprint density at radius 3 is 2.32 bits per heavy atom. The smallest absolute Gasteiger partial charge is 0.401 e. The molecule has 2 unspecified atom stereocenters. The Balaban J connectivity index is 1.80. The minimum atomic E-state index is -5.33. The Labute approximate surface area is 195 Å². The first-order chi connectivity index (χ1) is 16.0. The van der Waals surface area contributed by atoms with Gasteiger partial charge in [0, 0.05) is 31.3 Å². The zero-order valence-electron chi connectivity index (χ0n) is 19.1. The molecule has 1 aromatic heterocycles.